The maximum absolute atomic E-state index is 13.3. The molecular formula is C20H27FN2O3. The highest BCUT2D eigenvalue weighted by Crippen LogP contribution is 2.33. The first kappa shape index (κ1) is 18.8. The number of amides is 2. The van der Waals surface area contributed by atoms with E-state index in [9.17, 15) is 19.1 Å². The zero-order chi connectivity index (χ0) is 18.7. The van der Waals surface area contributed by atoms with Crippen LogP contribution in [-0.4, -0.2) is 40.0 Å². The van der Waals surface area contributed by atoms with Crippen molar-refractivity contribution in [2.45, 2.75) is 63.6 Å². The molecule has 3 rings (SSSR count). The zero-order valence-electron chi connectivity index (χ0n) is 15.2. The van der Waals surface area contributed by atoms with Crippen LogP contribution in [0.3, 0.4) is 0 Å². The number of aliphatic hydroxyl groups is 1. The van der Waals surface area contributed by atoms with E-state index in [1.54, 1.807) is 24.0 Å². The fraction of sp³-hybridized carbons (Fsp3) is 0.600. The molecule has 142 valence electrons. The molecule has 2 aliphatic rings. The van der Waals surface area contributed by atoms with Gasteiger partial charge in [0, 0.05) is 25.0 Å². The number of carbonyl (C=O) groups is 2. The molecule has 6 heteroatoms. The summed E-state index contributed by atoms with van der Waals surface area (Å²) in [5.74, 6) is -2.02. The van der Waals surface area contributed by atoms with Gasteiger partial charge in [-0.2, -0.15) is 0 Å². The lowest BCUT2D eigenvalue weighted by molar-refractivity contribution is -0.175. The van der Waals surface area contributed by atoms with Crippen LogP contribution in [0.4, 0.5) is 4.39 Å². The minimum absolute atomic E-state index is 0.0718. The first-order valence-corrected chi connectivity index (χ1v) is 9.49. The highest BCUT2D eigenvalue weighted by Gasteiger charge is 2.54. The lowest BCUT2D eigenvalue weighted by Crippen LogP contribution is -2.66. The number of halogens is 1. The molecule has 2 atom stereocenters. The van der Waals surface area contributed by atoms with E-state index >= 15 is 0 Å². The molecule has 1 aliphatic heterocycles. The summed E-state index contributed by atoms with van der Waals surface area (Å²) in [7, 11) is 0. The minimum Gasteiger partial charge on any atom is -0.371 e. The van der Waals surface area contributed by atoms with Gasteiger partial charge in [0.1, 0.15) is 5.82 Å². The van der Waals surface area contributed by atoms with E-state index in [1.165, 1.54) is 18.6 Å². The molecule has 1 unspecified atom stereocenters. The molecular weight excluding hydrogens is 335 g/mol. The van der Waals surface area contributed by atoms with Crippen LogP contribution >= 0.6 is 0 Å². The summed E-state index contributed by atoms with van der Waals surface area (Å²) in [6, 6.07) is 6.02. The average molecular weight is 362 g/mol. The second-order valence-electron chi connectivity index (χ2n) is 7.56. The largest absolute Gasteiger partial charge is 0.371 e. The third-order valence-corrected chi connectivity index (χ3v) is 5.81. The number of rotatable bonds is 4. The lowest BCUT2D eigenvalue weighted by Gasteiger charge is -2.45. The second kappa shape index (κ2) is 7.74. The first-order valence-electron chi connectivity index (χ1n) is 9.49. The topological polar surface area (TPSA) is 69.6 Å². The van der Waals surface area contributed by atoms with Crippen LogP contribution in [0.2, 0.25) is 0 Å². The Morgan fingerprint density at radius 1 is 1.31 bits per heavy atom. The fourth-order valence-electron chi connectivity index (χ4n) is 4.10. The van der Waals surface area contributed by atoms with Crippen molar-refractivity contribution in [2.24, 2.45) is 5.92 Å². The van der Waals surface area contributed by atoms with Gasteiger partial charge in [0.15, 0.2) is 0 Å². The molecule has 2 amide bonds. The highest BCUT2D eigenvalue weighted by atomic mass is 19.1. The maximum atomic E-state index is 13.3. The number of nitrogens with zero attached hydrogens (tertiary/aromatic N) is 1. The Kier molecular flexibility index (Phi) is 5.61. The summed E-state index contributed by atoms with van der Waals surface area (Å²) in [5, 5.41) is 13.7. The molecule has 2 fully saturated rings. The number of hydrogen-bond acceptors (Lipinski definition) is 3. The van der Waals surface area contributed by atoms with Gasteiger partial charge in [-0.25, -0.2) is 4.39 Å². The molecule has 1 heterocycles. The lowest BCUT2D eigenvalue weighted by atomic mass is 9.79. The molecule has 1 aliphatic carbocycles. The molecule has 1 aromatic rings. The van der Waals surface area contributed by atoms with Crippen LogP contribution in [0.15, 0.2) is 24.3 Å². The van der Waals surface area contributed by atoms with Gasteiger partial charge in [-0.3, -0.25) is 9.59 Å². The third-order valence-electron chi connectivity index (χ3n) is 5.81. The molecule has 0 bridgehead atoms. The summed E-state index contributed by atoms with van der Waals surface area (Å²) in [6.07, 6.45) is 5.78. The van der Waals surface area contributed by atoms with Gasteiger partial charge < -0.3 is 15.3 Å². The number of nitrogens with one attached hydrogen (secondary N) is 1. The molecule has 2 N–H and O–H groups in total. The molecule has 0 radical (unpaired) electrons. The van der Waals surface area contributed by atoms with Crippen molar-refractivity contribution in [3.63, 3.8) is 0 Å². The number of benzene rings is 1. The zero-order valence-corrected chi connectivity index (χ0v) is 15.2. The molecule has 0 spiro atoms. The molecule has 0 aromatic heterocycles. The van der Waals surface area contributed by atoms with Crippen molar-refractivity contribution in [3.05, 3.63) is 35.6 Å². The van der Waals surface area contributed by atoms with Crippen LogP contribution in [-0.2, 0) is 16.1 Å². The fourth-order valence-corrected chi connectivity index (χ4v) is 4.10. The summed E-state index contributed by atoms with van der Waals surface area (Å²) in [4.78, 5) is 27.5. The van der Waals surface area contributed by atoms with Gasteiger partial charge in [-0.05, 0) is 37.0 Å². The van der Waals surface area contributed by atoms with E-state index in [2.05, 4.69) is 5.32 Å². The maximum Gasteiger partial charge on any atom is 0.264 e. The Hall–Kier alpha value is -1.95. The van der Waals surface area contributed by atoms with Crippen LogP contribution in [0, 0.1) is 11.7 Å². The van der Waals surface area contributed by atoms with Crippen molar-refractivity contribution in [2.75, 3.05) is 6.54 Å². The van der Waals surface area contributed by atoms with Gasteiger partial charge in [-0.15, -0.1) is 0 Å². The SMILES string of the molecule is CC1CCN(C2CCCCC2)C(=O)[C@@]1(O)C(=O)NCc1cccc(F)c1. The van der Waals surface area contributed by atoms with Gasteiger partial charge in [0.2, 0.25) is 5.60 Å². The van der Waals surface area contributed by atoms with Gasteiger partial charge in [0.25, 0.3) is 11.8 Å². The minimum atomic E-state index is -2.05. The Labute approximate surface area is 153 Å². The number of carbonyl (C=O) groups excluding carboxylic acids is 2. The summed E-state index contributed by atoms with van der Waals surface area (Å²) < 4.78 is 13.3. The number of hydrogen-bond donors (Lipinski definition) is 2. The smallest absolute Gasteiger partial charge is 0.264 e. The van der Waals surface area contributed by atoms with Crippen molar-refractivity contribution >= 4 is 11.8 Å². The van der Waals surface area contributed by atoms with Crippen LogP contribution in [0.1, 0.15) is 51.0 Å². The average Bonchev–Trinajstić information content (AvgIpc) is 2.65. The van der Waals surface area contributed by atoms with Crippen LogP contribution in [0.5, 0.6) is 0 Å². The van der Waals surface area contributed by atoms with Gasteiger partial charge >= 0.3 is 0 Å². The second-order valence-corrected chi connectivity index (χ2v) is 7.56. The van der Waals surface area contributed by atoms with E-state index < -0.39 is 23.3 Å². The van der Waals surface area contributed by atoms with Gasteiger partial charge in [0.05, 0.1) is 0 Å². The summed E-state index contributed by atoms with van der Waals surface area (Å²) in [6.45, 7) is 2.39. The number of likely N-dealkylation sites (tertiary alicyclic amines) is 1. The summed E-state index contributed by atoms with van der Waals surface area (Å²) >= 11 is 0. The molecule has 1 aromatic carbocycles. The molecule has 1 saturated heterocycles. The van der Waals surface area contributed by atoms with Crippen LogP contribution in [0.25, 0.3) is 0 Å². The normalized spacial score (nSPS) is 27.4. The first-order chi connectivity index (χ1) is 12.4. The Balaban J connectivity index is 1.71. The third kappa shape index (κ3) is 3.61. The van der Waals surface area contributed by atoms with E-state index in [-0.39, 0.29) is 18.4 Å². The predicted molar refractivity (Wildman–Crippen MR) is 95.6 cm³/mol. The van der Waals surface area contributed by atoms with Gasteiger partial charge in [-0.1, -0.05) is 38.3 Å². The standard InChI is InChI=1S/C20H27FN2O3/c1-14-10-11-23(17-8-3-2-4-9-17)19(25)20(14,26)18(24)22-13-15-6-5-7-16(21)12-15/h5-7,12,14,17,26H,2-4,8-11,13H2,1H3,(H,22,24)/t14?,20-/m0/s1. The quantitative estimate of drug-likeness (QED) is 0.808. The van der Waals surface area contributed by atoms with Crippen molar-refractivity contribution in [3.8, 4) is 0 Å². The Morgan fingerprint density at radius 3 is 2.73 bits per heavy atom. The van der Waals surface area contributed by atoms with E-state index in [0.717, 1.165) is 25.7 Å². The highest BCUT2D eigenvalue weighted by molar-refractivity contribution is 6.09. The monoisotopic (exact) mass is 362 g/mol. The molecule has 5 nitrogen and oxygen atoms in total. The van der Waals surface area contributed by atoms with Crippen molar-refractivity contribution in [1.29, 1.82) is 0 Å². The van der Waals surface area contributed by atoms with E-state index in [0.29, 0.717) is 18.5 Å². The predicted octanol–water partition coefficient (Wildman–Crippen LogP) is 2.37. The van der Waals surface area contributed by atoms with Crippen molar-refractivity contribution < 1.29 is 19.1 Å². The van der Waals surface area contributed by atoms with Crippen LogP contribution < -0.4 is 5.32 Å². The van der Waals surface area contributed by atoms with Crippen molar-refractivity contribution in [1.82, 2.24) is 10.2 Å². The molecule has 1 saturated carbocycles. The Morgan fingerprint density at radius 2 is 2.04 bits per heavy atom. The van der Waals surface area contributed by atoms with E-state index in [4.69, 9.17) is 0 Å². The number of piperidine rings is 1. The van der Waals surface area contributed by atoms with E-state index in [1.807, 2.05) is 0 Å². The Bertz CT molecular complexity index is 675. The summed E-state index contributed by atoms with van der Waals surface area (Å²) in [5.41, 5.74) is -1.47. The molecule has 26 heavy (non-hydrogen) atoms.